The maximum atomic E-state index is 12.6. The molecule has 0 fully saturated rings. The van der Waals surface area contributed by atoms with Gasteiger partial charge >= 0.3 is 0 Å². The Morgan fingerprint density at radius 1 is 1.10 bits per heavy atom. The topological polar surface area (TPSA) is 43.8 Å². The SMILES string of the molecule is CN1CCN(C(=O)Cc2cccc(O)c2)c2ccccc21. The number of amides is 1. The van der Waals surface area contributed by atoms with Crippen LogP contribution in [-0.4, -0.2) is 31.2 Å². The van der Waals surface area contributed by atoms with Crippen molar-refractivity contribution in [1.82, 2.24) is 0 Å². The number of para-hydroxylation sites is 2. The van der Waals surface area contributed by atoms with E-state index in [1.165, 1.54) is 0 Å². The molecule has 21 heavy (non-hydrogen) atoms. The number of hydrogen-bond donors (Lipinski definition) is 1. The van der Waals surface area contributed by atoms with Crippen LogP contribution in [0.5, 0.6) is 5.75 Å². The third-order valence-electron chi connectivity index (χ3n) is 3.81. The zero-order valence-electron chi connectivity index (χ0n) is 12.0. The lowest BCUT2D eigenvalue weighted by Crippen LogP contribution is -2.43. The van der Waals surface area contributed by atoms with Crippen molar-refractivity contribution in [3.05, 3.63) is 54.1 Å². The van der Waals surface area contributed by atoms with E-state index in [-0.39, 0.29) is 11.7 Å². The predicted molar refractivity (Wildman–Crippen MR) is 83.9 cm³/mol. The summed E-state index contributed by atoms with van der Waals surface area (Å²) in [6.07, 6.45) is 0.298. The molecule has 0 radical (unpaired) electrons. The number of anilines is 2. The second kappa shape index (κ2) is 5.48. The molecule has 1 aliphatic heterocycles. The van der Waals surface area contributed by atoms with Gasteiger partial charge < -0.3 is 14.9 Å². The second-order valence-electron chi connectivity index (χ2n) is 5.30. The average molecular weight is 282 g/mol. The first kappa shape index (κ1) is 13.5. The fourth-order valence-corrected chi connectivity index (χ4v) is 2.70. The van der Waals surface area contributed by atoms with Gasteiger partial charge in [0.05, 0.1) is 17.8 Å². The van der Waals surface area contributed by atoms with Gasteiger partial charge in [-0.15, -0.1) is 0 Å². The van der Waals surface area contributed by atoms with Crippen molar-refractivity contribution < 1.29 is 9.90 Å². The van der Waals surface area contributed by atoms with Crippen molar-refractivity contribution in [3.63, 3.8) is 0 Å². The Kier molecular flexibility index (Phi) is 3.52. The third kappa shape index (κ3) is 2.70. The molecule has 0 aromatic heterocycles. The Morgan fingerprint density at radius 2 is 1.86 bits per heavy atom. The Balaban J connectivity index is 1.84. The number of aromatic hydroxyl groups is 1. The summed E-state index contributed by atoms with van der Waals surface area (Å²) in [7, 11) is 2.04. The van der Waals surface area contributed by atoms with E-state index in [9.17, 15) is 9.90 Å². The molecule has 0 saturated heterocycles. The van der Waals surface area contributed by atoms with Gasteiger partial charge in [0.25, 0.3) is 0 Å². The summed E-state index contributed by atoms with van der Waals surface area (Å²) >= 11 is 0. The molecular formula is C17H18N2O2. The van der Waals surface area contributed by atoms with E-state index in [2.05, 4.69) is 4.90 Å². The predicted octanol–water partition coefficient (Wildman–Crippen LogP) is 2.42. The van der Waals surface area contributed by atoms with E-state index in [0.29, 0.717) is 13.0 Å². The molecule has 1 heterocycles. The standard InChI is InChI=1S/C17H18N2O2/c1-18-9-10-19(16-8-3-2-7-15(16)18)17(21)12-13-5-4-6-14(20)11-13/h2-8,11,20H,9-10,12H2,1H3. The summed E-state index contributed by atoms with van der Waals surface area (Å²) in [4.78, 5) is 16.6. The molecule has 0 aliphatic carbocycles. The molecule has 0 spiro atoms. The molecule has 1 N–H and O–H groups in total. The highest BCUT2D eigenvalue weighted by atomic mass is 16.3. The molecule has 1 aliphatic rings. The van der Waals surface area contributed by atoms with Crippen LogP contribution < -0.4 is 9.80 Å². The van der Waals surface area contributed by atoms with Crippen LogP contribution in [0, 0.1) is 0 Å². The molecule has 1 amide bonds. The van der Waals surface area contributed by atoms with Crippen LogP contribution in [0.3, 0.4) is 0 Å². The van der Waals surface area contributed by atoms with E-state index in [1.807, 2.05) is 42.3 Å². The van der Waals surface area contributed by atoms with Crippen LogP contribution in [0.1, 0.15) is 5.56 Å². The molecule has 0 bridgehead atoms. The number of nitrogens with zero attached hydrogens (tertiary/aromatic N) is 2. The monoisotopic (exact) mass is 282 g/mol. The van der Waals surface area contributed by atoms with Crippen molar-refractivity contribution >= 4 is 17.3 Å². The zero-order chi connectivity index (χ0) is 14.8. The molecule has 2 aromatic rings. The first-order chi connectivity index (χ1) is 10.1. The van der Waals surface area contributed by atoms with Crippen molar-refractivity contribution in [3.8, 4) is 5.75 Å². The fraction of sp³-hybridized carbons (Fsp3) is 0.235. The molecule has 108 valence electrons. The van der Waals surface area contributed by atoms with Gasteiger partial charge in [-0.05, 0) is 29.8 Å². The summed E-state index contributed by atoms with van der Waals surface area (Å²) < 4.78 is 0. The fourth-order valence-electron chi connectivity index (χ4n) is 2.70. The molecule has 0 atom stereocenters. The van der Waals surface area contributed by atoms with Crippen LogP contribution in [0.2, 0.25) is 0 Å². The maximum Gasteiger partial charge on any atom is 0.231 e. The highest BCUT2D eigenvalue weighted by molar-refractivity contribution is 5.98. The summed E-state index contributed by atoms with van der Waals surface area (Å²) in [6, 6.07) is 14.8. The summed E-state index contributed by atoms with van der Waals surface area (Å²) in [5.74, 6) is 0.250. The number of likely N-dealkylation sites (N-methyl/N-ethyl adjacent to an activating group) is 1. The summed E-state index contributed by atoms with van der Waals surface area (Å²) in [6.45, 7) is 1.51. The molecule has 4 heteroatoms. The van der Waals surface area contributed by atoms with Crippen molar-refractivity contribution in [2.24, 2.45) is 0 Å². The largest absolute Gasteiger partial charge is 0.508 e. The molecule has 3 rings (SSSR count). The summed E-state index contributed by atoms with van der Waals surface area (Å²) in [5, 5.41) is 9.50. The number of rotatable bonds is 2. The van der Waals surface area contributed by atoms with Crippen LogP contribution >= 0.6 is 0 Å². The van der Waals surface area contributed by atoms with E-state index < -0.39 is 0 Å². The third-order valence-corrected chi connectivity index (χ3v) is 3.81. The maximum absolute atomic E-state index is 12.6. The lowest BCUT2D eigenvalue weighted by atomic mass is 10.1. The number of hydrogen-bond acceptors (Lipinski definition) is 3. The zero-order valence-corrected chi connectivity index (χ0v) is 12.0. The van der Waals surface area contributed by atoms with E-state index >= 15 is 0 Å². The molecule has 4 nitrogen and oxygen atoms in total. The molecule has 2 aromatic carbocycles. The smallest absolute Gasteiger partial charge is 0.231 e. The lowest BCUT2D eigenvalue weighted by molar-refractivity contribution is -0.118. The van der Waals surface area contributed by atoms with E-state index in [0.717, 1.165) is 23.5 Å². The van der Waals surface area contributed by atoms with Crippen LogP contribution in [0.15, 0.2) is 48.5 Å². The Hall–Kier alpha value is -2.49. The molecular weight excluding hydrogens is 264 g/mol. The lowest BCUT2D eigenvalue weighted by Gasteiger charge is -2.35. The van der Waals surface area contributed by atoms with Gasteiger partial charge in [0, 0.05) is 20.1 Å². The highest BCUT2D eigenvalue weighted by Gasteiger charge is 2.24. The minimum Gasteiger partial charge on any atom is -0.508 e. The summed E-state index contributed by atoms with van der Waals surface area (Å²) in [5.41, 5.74) is 2.86. The van der Waals surface area contributed by atoms with Gasteiger partial charge in [-0.3, -0.25) is 4.79 Å². The molecule has 0 saturated carbocycles. The van der Waals surface area contributed by atoms with Gasteiger partial charge in [0.15, 0.2) is 0 Å². The van der Waals surface area contributed by atoms with Crippen molar-refractivity contribution in [2.75, 3.05) is 29.9 Å². The Labute approximate surface area is 124 Å². The number of carbonyl (C=O) groups is 1. The minimum absolute atomic E-state index is 0.0566. The number of benzene rings is 2. The molecule has 0 unspecified atom stereocenters. The van der Waals surface area contributed by atoms with Crippen LogP contribution in [0.25, 0.3) is 0 Å². The average Bonchev–Trinajstić information content (AvgIpc) is 2.48. The Morgan fingerprint density at radius 3 is 2.62 bits per heavy atom. The van der Waals surface area contributed by atoms with Crippen molar-refractivity contribution in [2.45, 2.75) is 6.42 Å². The first-order valence-electron chi connectivity index (χ1n) is 7.03. The number of phenols is 1. The number of carbonyl (C=O) groups excluding carboxylic acids is 1. The first-order valence-corrected chi connectivity index (χ1v) is 7.03. The van der Waals surface area contributed by atoms with Gasteiger partial charge in [0.1, 0.15) is 5.75 Å². The van der Waals surface area contributed by atoms with Crippen molar-refractivity contribution in [1.29, 1.82) is 0 Å². The van der Waals surface area contributed by atoms with E-state index in [4.69, 9.17) is 0 Å². The second-order valence-corrected chi connectivity index (χ2v) is 5.30. The highest BCUT2D eigenvalue weighted by Crippen LogP contribution is 2.32. The quantitative estimate of drug-likeness (QED) is 0.920. The van der Waals surface area contributed by atoms with Gasteiger partial charge in [-0.25, -0.2) is 0 Å². The van der Waals surface area contributed by atoms with Gasteiger partial charge in [0.2, 0.25) is 5.91 Å². The number of fused-ring (bicyclic) bond motifs is 1. The van der Waals surface area contributed by atoms with Gasteiger partial charge in [-0.2, -0.15) is 0 Å². The van der Waals surface area contributed by atoms with Crippen LogP contribution in [-0.2, 0) is 11.2 Å². The number of phenolic OH excluding ortho intramolecular Hbond substituents is 1. The minimum atomic E-state index is 0.0566. The van der Waals surface area contributed by atoms with Crippen LogP contribution in [0.4, 0.5) is 11.4 Å². The normalized spacial score (nSPS) is 14.0. The van der Waals surface area contributed by atoms with Gasteiger partial charge in [-0.1, -0.05) is 24.3 Å². The van der Waals surface area contributed by atoms with E-state index in [1.54, 1.807) is 18.2 Å². The Bertz CT molecular complexity index is 669.